The zero-order chi connectivity index (χ0) is 14.7. The average Bonchev–Trinajstić information content (AvgIpc) is 2.83. The number of carbonyl (C=O) groups excluding carboxylic acids is 2. The zero-order valence-electron chi connectivity index (χ0n) is 12.1. The quantitative estimate of drug-likeness (QED) is 0.670. The highest BCUT2D eigenvalue weighted by Gasteiger charge is 2.17. The van der Waals surface area contributed by atoms with Crippen molar-refractivity contribution in [2.75, 3.05) is 7.11 Å². The van der Waals surface area contributed by atoms with Crippen LogP contribution in [0.1, 0.15) is 53.1 Å². The van der Waals surface area contributed by atoms with E-state index in [0.29, 0.717) is 12.0 Å². The molecule has 0 saturated carbocycles. The fourth-order valence-electron chi connectivity index (χ4n) is 2.43. The molecule has 20 heavy (non-hydrogen) atoms. The van der Waals surface area contributed by atoms with Gasteiger partial charge in [0.2, 0.25) is 0 Å². The Kier molecular flexibility index (Phi) is 4.23. The molecular weight excluding hydrogens is 254 g/mol. The number of benzene rings is 1. The van der Waals surface area contributed by atoms with Crippen LogP contribution in [0.2, 0.25) is 0 Å². The number of hydrogen-bond donors (Lipinski definition) is 1. The van der Waals surface area contributed by atoms with E-state index in [-0.39, 0.29) is 11.8 Å². The second kappa shape index (κ2) is 5.90. The van der Waals surface area contributed by atoms with Gasteiger partial charge in [-0.3, -0.25) is 4.79 Å². The van der Waals surface area contributed by atoms with E-state index in [9.17, 15) is 9.59 Å². The molecule has 4 nitrogen and oxygen atoms in total. The monoisotopic (exact) mass is 273 g/mol. The number of esters is 1. The predicted octanol–water partition coefficient (Wildman–Crippen LogP) is 3.50. The Morgan fingerprint density at radius 1 is 1.25 bits per heavy atom. The van der Waals surface area contributed by atoms with Crippen molar-refractivity contribution in [2.45, 2.75) is 33.1 Å². The fourth-order valence-corrected chi connectivity index (χ4v) is 2.43. The third kappa shape index (κ3) is 2.46. The highest BCUT2D eigenvalue weighted by Crippen LogP contribution is 2.26. The molecule has 1 aromatic carbocycles. The van der Waals surface area contributed by atoms with Gasteiger partial charge in [-0.05, 0) is 18.6 Å². The van der Waals surface area contributed by atoms with Crippen molar-refractivity contribution in [3.63, 3.8) is 0 Å². The van der Waals surface area contributed by atoms with Gasteiger partial charge < -0.3 is 9.72 Å². The van der Waals surface area contributed by atoms with E-state index in [1.165, 1.54) is 7.11 Å². The van der Waals surface area contributed by atoms with Gasteiger partial charge in [0, 0.05) is 28.6 Å². The SMILES string of the molecule is CCCc1[nH]c2cc(C(=O)OC)ccc2c1C(=O)CC. The Morgan fingerprint density at radius 3 is 2.60 bits per heavy atom. The lowest BCUT2D eigenvalue weighted by molar-refractivity contribution is 0.0600. The second-order valence-corrected chi connectivity index (χ2v) is 4.76. The summed E-state index contributed by atoms with van der Waals surface area (Å²) >= 11 is 0. The molecule has 0 bridgehead atoms. The zero-order valence-corrected chi connectivity index (χ0v) is 12.1. The summed E-state index contributed by atoms with van der Waals surface area (Å²) in [7, 11) is 1.36. The molecule has 0 aliphatic carbocycles. The van der Waals surface area contributed by atoms with Crippen molar-refractivity contribution in [3.8, 4) is 0 Å². The molecule has 0 aliphatic rings. The van der Waals surface area contributed by atoms with E-state index in [4.69, 9.17) is 4.74 Å². The van der Waals surface area contributed by atoms with Crippen LogP contribution in [0.4, 0.5) is 0 Å². The van der Waals surface area contributed by atoms with Crippen LogP contribution in [0.3, 0.4) is 0 Å². The van der Waals surface area contributed by atoms with Crippen molar-refractivity contribution < 1.29 is 14.3 Å². The summed E-state index contributed by atoms with van der Waals surface area (Å²) in [6.07, 6.45) is 2.26. The molecule has 0 aliphatic heterocycles. The molecule has 0 spiro atoms. The van der Waals surface area contributed by atoms with Crippen LogP contribution in [0.15, 0.2) is 18.2 Å². The molecule has 0 unspecified atom stereocenters. The fraction of sp³-hybridized carbons (Fsp3) is 0.375. The third-order valence-electron chi connectivity index (χ3n) is 3.40. The minimum atomic E-state index is -0.373. The first-order valence-electron chi connectivity index (χ1n) is 6.88. The van der Waals surface area contributed by atoms with E-state index >= 15 is 0 Å². The predicted molar refractivity (Wildman–Crippen MR) is 78.3 cm³/mol. The minimum absolute atomic E-state index is 0.130. The Bertz CT molecular complexity index is 655. The summed E-state index contributed by atoms with van der Waals surface area (Å²) in [5.41, 5.74) is 3.02. The van der Waals surface area contributed by atoms with Crippen molar-refractivity contribution in [1.29, 1.82) is 0 Å². The largest absolute Gasteiger partial charge is 0.465 e. The molecule has 0 atom stereocenters. The van der Waals surface area contributed by atoms with Crippen molar-refractivity contribution in [1.82, 2.24) is 4.98 Å². The van der Waals surface area contributed by atoms with Crippen LogP contribution in [0.5, 0.6) is 0 Å². The number of carbonyl (C=O) groups is 2. The van der Waals surface area contributed by atoms with Crippen LogP contribution >= 0.6 is 0 Å². The maximum atomic E-state index is 12.1. The number of methoxy groups -OCH3 is 1. The summed E-state index contributed by atoms with van der Waals surface area (Å²) in [5, 5.41) is 0.882. The lowest BCUT2D eigenvalue weighted by Gasteiger charge is -2.01. The topological polar surface area (TPSA) is 59.2 Å². The van der Waals surface area contributed by atoms with E-state index in [1.807, 2.05) is 13.0 Å². The minimum Gasteiger partial charge on any atom is -0.465 e. The lowest BCUT2D eigenvalue weighted by atomic mass is 10.0. The highest BCUT2D eigenvalue weighted by atomic mass is 16.5. The molecule has 2 rings (SSSR count). The summed E-state index contributed by atoms with van der Waals surface area (Å²) < 4.78 is 4.72. The second-order valence-electron chi connectivity index (χ2n) is 4.76. The van der Waals surface area contributed by atoms with E-state index in [0.717, 1.165) is 35.0 Å². The summed E-state index contributed by atoms with van der Waals surface area (Å²) in [6.45, 7) is 3.94. The van der Waals surface area contributed by atoms with Gasteiger partial charge in [-0.25, -0.2) is 4.79 Å². The number of aryl methyl sites for hydroxylation is 1. The van der Waals surface area contributed by atoms with Crippen LogP contribution in [0, 0.1) is 0 Å². The standard InChI is InChI=1S/C16H19NO3/c1-4-6-12-15(14(18)5-2)11-8-7-10(16(19)20-3)9-13(11)17-12/h7-9,17H,4-6H2,1-3H3. The molecule has 1 N–H and O–H groups in total. The molecule has 2 aromatic rings. The molecule has 1 heterocycles. The van der Waals surface area contributed by atoms with E-state index in [2.05, 4.69) is 11.9 Å². The molecule has 0 radical (unpaired) electrons. The number of fused-ring (bicyclic) bond motifs is 1. The van der Waals surface area contributed by atoms with Crippen molar-refractivity contribution in [2.24, 2.45) is 0 Å². The summed E-state index contributed by atoms with van der Waals surface area (Å²) in [4.78, 5) is 27.0. The van der Waals surface area contributed by atoms with E-state index in [1.54, 1.807) is 12.1 Å². The lowest BCUT2D eigenvalue weighted by Crippen LogP contribution is -2.01. The average molecular weight is 273 g/mol. The molecular formula is C16H19NO3. The van der Waals surface area contributed by atoms with Crippen LogP contribution in [-0.4, -0.2) is 23.8 Å². The van der Waals surface area contributed by atoms with Gasteiger partial charge >= 0.3 is 5.97 Å². The molecule has 0 amide bonds. The van der Waals surface area contributed by atoms with Gasteiger partial charge in [-0.1, -0.05) is 26.3 Å². The van der Waals surface area contributed by atoms with Gasteiger partial charge in [-0.15, -0.1) is 0 Å². The van der Waals surface area contributed by atoms with Gasteiger partial charge in [0.1, 0.15) is 0 Å². The van der Waals surface area contributed by atoms with Crippen LogP contribution in [0.25, 0.3) is 10.9 Å². The summed E-state index contributed by atoms with van der Waals surface area (Å²) in [5.74, 6) is -0.243. The third-order valence-corrected chi connectivity index (χ3v) is 3.40. The number of Topliss-reactive ketones (excluding diaryl/α,β-unsaturated/α-hetero) is 1. The first-order chi connectivity index (χ1) is 9.62. The van der Waals surface area contributed by atoms with E-state index < -0.39 is 0 Å². The van der Waals surface area contributed by atoms with Crippen LogP contribution < -0.4 is 0 Å². The Balaban J connectivity index is 2.61. The van der Waals surface area contributed by atoms with Gasteiger partial charge in [-0.2, -0.15) is 0 Å². The van der Waals surface area contributed by atoms with Gasteiger partial charge in [0.25, 0.3) is 0 Å². The van der Waals surface area contributed by atoms with Crippen molar-refractivity contribution in [3.05, 3.63) is 35.0 Å². The van der Waals surface area contributed by atoms with Gasteiger partial charge in [0.15, 0.2) is 5.78 Å². The Labute approximate surface area is 118 Å². The molecule has 106 valence electrons. The smallest absolute Gasteiger partial charge is 0.337 e. The number of H-pyrrole nitrogens is 1. The Morgan fingerprint density at radius 2 is 2.00 bits per heavy atom. The number of aromatic nitrogens is 1. The molecule has 1 aromatic heterocycles. The molecule has 4 heteroatoms. The number of hydrogen-bond acceptors (Lipinski definition) is 3. The highest BCUT2D eigenvalue weighted by molar-refractivity contribution is 6.10. The Hall–Kier alpha value is -2.10. The first kappa shape index (κ1) is 14.3. The maximum absolute atomic E-state index is 12.1. The first-order valence-corrected chi connectivity index (χ1v) is 6.88. The van der Waals surface area contributed by atoms with Crippen molar-refractivity contribution >= 4 is 22.7 Å². The molecule has 0 fully saturated rings. The van der Waals surface area contributed by atoms with Crippen LogP contribution in [-0.2, 0) is 11.2 Å². The number of ketones is 1. The maximum Gasteiger partial charge on any atom is 0.337 e. The summed E-state index contributed by atoms with van der Waals surface area (Å²) in [6, 6.07) is 5.26. The number of nitrogens with one attached hydrogen (secondary N) is 1. The number of rotatable bonds is 5. The normalized spacial score (nSPS) is 10.8. The molecule has 0 saturated heterocycles. The number of aromatic amines is 1. The van der Waals surface area contributed by atoms with Gasteiger partial charge in [0.05, 0.1) is 12.7 Å². The number of ether oxygens (including phenoxy) is 1.